The number of halogens is 6. The lowest BCUT2D eigenvalue weighted by Crippen LogP contribution is -2.14. The van der Waals surface area contributed by atoms with Crippen LogP contribution in [-0.4, -0.2) is 9.94 Å². The third-order valence-electron chi connectivity index (χ3n) is 2.29. The second kappa shape index (κ2) is 4.73. The largest absolute Gasteiger partial charge is 0.420 e. The molecule has 0 aliphatic carbocycles. The van der Waals surface area contributed by atoms with Crippen molar-refractivity contribution in [2.24, 2.45) is 0 Å². The summed E-state index contributed by atoms with van der Waals surface area (Å²) in [4.78, 5) is 5.33. The third-order valence-corrected chi connectivity index (χ3v) is 2.29. The van der Waals surface area contributed by atoms with E-state index in [1.54, 1.807) is 0 Å². The monoisotopic (exact) mass is 296 g/mol. The first kappa shape index (κ1) is 14.2. The van der Waals surface area contributed by atoms with Gasteiger partial charge in [0.1, 0.15) is 5.56 Å². The first-order valence-electron chi connectivity index (χ1n) is 5.14. The van der Waals surface area contributed by atoms with Crippen LogP contribution in [0, 0.1) is 0 Å². The molecular formula is C11H6F6N2O. The van der Waals surface area contributed by atoms with Crippen LogP contribution < -0.4 is 4.84 Å². The Morgan fingerprint density at radius 2 is 1.70 bits per heavy atom. The molecule has 9 heteroatoms. The number of hydrogen-bond donors (Lipinski definition) is 0. The fourth-order valence-corrected chi connectivity index (χ4v) is 1.42. The number of aromatic nitrogens is 2. The Bertz CT molecular complexity index is 588. The lowest BCUT2D eigenvalue weighted by atomic mass is 10.1. The zero-order valence-corrected chi connectivity index (χ0v) is 9.53. The summed E-state index contributed by atoms with van der Waals surface area (Å²) >= 11 is 0. The summed E-state index contributed by atoms with van der Waals surface area (Å²) in [5.41, 5.74) is -2.56. The summed E-state index contributed by atoms with van der Waals surface area (Å²) in [6, 6.07) is 2.30. The quantitative estimate of drug-likeness (QED) is 0.789. The van der Waals surface area contributed by atoms with Gasteiger partial charge in [0.2, 0.25) is 0 Å². The van der Waals surface area contributed by atoms with E-state index >= 15 is 0 Å². The van der Waals surface area contributed by atoms with Crippen LogP contribution >= 0.6 is 0 Å². The molecule has 0 radical (unpaired) electrons. The first-order chi connectivity index (χ1) is 9.18. The highest BCUT2D eigenvalue weighted by molar-refractivity contribution is 5.40. The standard InChI is InChI=1S/C11H6F6N2O/c12-10(13,14)7-2-3-8(11(15,16)17)9(6-7)20-19-5-1-4-18-19/h1-6H. The number of benzene rings is 1. The minimum absolute atomic E-state index is 0.282. The molecular weight excluding hydrogens is 290 g/mol. The molecule has 1 heterocycles. The van der Waals surface area contributed by atoms with Crippen LogP contribution in [0.3, 0.4) is 0 Å². The Morgan fingerprint density at radius 3 is 2.20 bits per heavy atom. The summed E-state index contributed by atoms with van der Waals surface area (Å²) in [5, 5.41) is 3.47. The molecule has 0 saturated carbocycles. The zero-order valence-electron chi connectivity index (χ0n) is 9.53. The second-order valence-corrected chi connectivity index (χ2v) is 3.71. The van der Waals surface area contributed by atoms with Crippen LogP contribution in [0.15, 0.2) is 36.7 Å². The van der Waals surface area contributed by atoms with Gasteiger partial charge in [0, 0.05) is 0 Å². The molecule has 0 aliphatic heterocycles. The van der Waals surface area contributed by atoms with Crippen molar-refractivity contribution in [3.05, 3.63) is 47.8 Å². The van der Waals surface area contributed by atoms with Crippen molar-refractivity contribution in [1.29, 1.82) is 0 Å². The molecule has 0 atom stereocenters. The molecule has 1 aromatic heterocycles. The smallest absolute Gasteiger partial charge is 0.357 e. The van der Waals surface area contributed by atoms with Crippen molar-refractivity contribution >= 4 is 0 Å². The van der Waals surface area contributed by atoms with Crippen LogP contribution in [0.25, 0.3) is 0 Å². The summed E-state index contributed by atoms with van der Waals surface area (Å²) in [6.45, 7) is 0. The molecule has 0 aliphatic rings. The topological polar surface area (TPSA) is 27.1 Å². The third kappa shape index (κ3) is 3.03. The SMILES string of the molecule is FC(F)(F)c1ccc(C(F)(F)F)c(On2cccn2)c1. The van der Waals surface area contributed by atoms with E-state index in [9.17, 15) is 26.3 Å². The van der Waals surface area contributed by atoms with Crippen molar-refractivity contribution in [2.75, 3.05) is 0 Å². The van der Waals surface area contributed by atoms with Gasteiger partial charge in [-0.25, -0.2) is 0 Å². The molecule has 0 bridgehead atoms. The van der Waals surface area contributed by atoms with Gasteiger partial charge in [-0.1, -0.05) is 0 Å². The van der Waals surface area contributed by atoms with Gasteiger partial charge in [0.15, 0.2) is 5.75 Å². The van der Waals surface area contributed by atoms with Crippen LogP contribution in [-0.2, 0) is 12.4 Å². The zero-order chi connectivity index (χ0) is 15.0. The molecule has 0 fully saturated rings. The number of rotatable bonds is 2. The van der Waals surface area contributed by atoms with Gasteiger partial charge in [-0.15, -0.1) is 9.94 Å². The average Bonchev–Trinajstić information content (AvgIpc) is 2.79. The van der Waals surface area contributed by atoms with E-state index in [0.717, 1.165) is 6.20 Å². The van der Waals surface area contributed by atoms with E-state index in [4.69, 9.17) is 4.84 Å². The van der Waals surface area contributed by atoms with Crippen molar-refractivity contribution in [3.63, 3.8) is 0 Å². The van der Waals surface area contributed by atoms with Gasteiger partial charge < -0.3 is 4.84 Å². The average molecular weight is 296 g/mol. The maximum absolute atomic E-state index is 12.7. The van der Waals surface area contributed by atoms with Crippen LogP contribution in [0.5, 0.6) is 5.75 Å². The van der Waals surface area contributed by atoms with Gasteiger partial charge >= 0.3 is 12.4 Å². The maximum Gasteiger partial charge on any atom is 0.420 e. The predicted molar refractivity (Wildman–Crippen MR) is 54.7 cm³/mol. The van der Waals surface area contributed by atoms with Crippen LogP contribution in [0.2, 0.25) is 0 Å². The minimum Gasteiger partial charge on any atom is -0.357 e. The molecule has 108 valence electrons. The Kier molecular flexibility index (Phi) is 3.36. The molecule has 3 nitrogen and oxygen atoms in total. The summed E-state index contributed by atoms with van der Waals surface area (Å²) in [5.74, 6) is -0.976. The fraction of sp³-hybridized carbons (Fsp3) is 0.182. The molecule has 2 rings (SSSR count). The highest BCUT2D eigenvalue weighted by Crippen LogP contribution is 2.40. The Morgan fingerprint density at radius 1 is 1.00 bits per heavy atom. The highest BCUT2D eigenvalue weighted by Gasteiger charge is 2.38. The van der Waals surface area contributed by atoms with E-state index < -0.39 is 29.2 Å². The number of alkyl halides is 6. The van der Waals surface area contributed by atoms with Crippen molar-refractivity contribution in [2.45, 2.75) is 12.4 Å². The molecule has 0 spiro atoms. The van der Waals surface area contributed by atoms with Gasteiger partial charge in [-0.2, -0.15) is 26.3 Å². The molecule has 0 N–H and O–H groups in total. The van der Waals surface area contributed by atoms with Crippen LogP contribution in [0.1, 0.15) is 11.1 Å². The van der Waals surface area contributed by atoms with Gasteiger partial charge in [0.25, 0.3) is 0 Å². The van der Waals surface area contributed by atoms with E-state index in [-0.39, 0.29) is 6.07 Å². The van der Waals surface area contributed by atoms with Gasteiger partial charge in [0.05, 0.1) is 18.0 Å². The van der Waals surface area contributed by atoms with Crippen molar-refractivity contribution in [1.82, 2.24) is 9.94 Å². The lowest BCUT2D eigenvalue weighted by molar-refractivity contribution is -0.143. The van der Waals surface area contributed by atoms with Gasteiger partial charge in [-0.05, 0) is 24.3 Å². The lowest BCUT2D eigenvalue weighted by Gasteiger charge is -2.15. The van der Waals surface area contributed by atoms with E-state index in [2.05, 4.69) is 5.10 Å². The summed E-state index contributed by atoms with van der Waals surface area (Å²) < 4.78 is 75.7. The Balaban J connectivity index is 2.48. The summed E-state index contributed by atoms with van der Waals surface area (Å²) in [7, 11) is 0. The van der Waals surface area contributed by atoms with E-state index in [1.807, 2.05) is 0 Å². The van der Waals surface area contributed by atoms with E-state index in [0.29, 0.717) is 17.0 Å². The molecule has 0 saturated heterocycles. The van der Waals surface area contributed by atoms with Crippen LogP contribution in [0.4, 0.5) is 26.3 Å². The Hall–Kier alpha value is -2.19. The maximum atomic E-state index is 12.7. The molecule has 20 heavy (non-hydrogen) atoms. The Labute approximate surface area is 108 Å². The van der Waals surface area contributed by atoms with Gasteiger partial charge in [-0.3, -0.25) is 0 Å². The fourth-order valence-electron chi connectivity index (χ4n) is 1.42. The number of nitrogens with zero attached hydrogens (tertiary/aromatic N) is 2. The molecule has 0 amide bonds. The molecule has 0 unspecified atom stereocenters. The summed E-state index contributed by atoms with van der Waals surface area (Å²) in [6.07, 6.45) is -7.25. The molecule has 2 aromatic rings. The van der Waals surface area contributed by atoms with Crippen molar-refractivity contribution < 1.29 is 31.2 Å². The molecule has 1 aromatic carbocycles. The number of hydrogen-bond acceptors (Lipinski definition) is 2. The predicted octanol–water partition coefficient (Wildman–Crippen LogP) is 3.76. The van der Waals surface area contributed by atoms with E-state index in [1.165, 1.54) is 12.3 Å². The first-order valence-corrected chi connectivity index (χ1v) is 5.14. The second-order valence-electron chi connectivity index (χ2n) is 3.71. The van der Waals surface area contributed by atoms with Crippen molar-refractivity contribution in [3.8, 4) is 5.75 Å². The minimum atomic E-state index is -4.84. The highest BCUT2D eigenvalue weighted by atomic mass is 19.4. The normalized spacial score (nSPS) is 12.5.